The lowest BCUT2D eigenvalue weighted by Crippen LogP contribution is -2.07. The number of H-pyrrole nitrogens is 1. The largest absolute Gasteiger partial charge is 0.416 e. The van der Waals surface area contributed by atoms with Gasteiger partial charge in [-0.2, -0.15) is 13.2 Å². The normalized spacial score (nSPS) is 12.8. The third kappa shape index (κ3) is 5.52. The topological polar surface area (TPSA) is 32.9 Å². The summed E-state index contributed by atoms with van der Waals surface area (Å²) < 4.78 is 38.7. The Kier molecular flexibility index (Phi) is 6.72. The number of fused-ring (bicyclic) bond motifs is 1. The summed E-state index contributed by atoms with van der Waals surface area (Å²) >= 11 is 6.14. The van der Waals surface area contributed by atoms with E-state index in [9.17, 15) is 18.0 Å². The minimum atomic E-state index is -4.39. The van der Waals surface area contributed by atoms with Crippen LogP contribution in [-0.2, 0) is 6.18 Å². The number of pyridine rings is 1. The van der Waals surface area contributed by atoms with Crippen molar-refractivity contribution in [2.45, 2.75) is 12.1 Å². The van der Waals surface area contributed by atoms with Crippen molar-refractivity contribution in [3.8, 4) is 0 Å². The van der Waals surface area contributed by atoms with E-state index in [4.69, 9.17) is 11.6 Å². The highest BCUT2D eigenvalue weighted by molar-refractivity contribution is 6.30. The Balaban J connectivity index is 1.59. The number of aromatic amines is 1. The van der Waals surface area contributed by atoms with E-state index in [2.05, 4.69) is 17.1 Å². The van der Waals surface area contributed by atoms with Gasteiger partial charge in [0.05, 0.1) is 5.56 Å². The molecule has 0 radical (unpaired) electrons. The van der Waals surface area contributed by atoms with Gasteiger partial charge in [0.15, 0.2) is 0 Å². The quantitative estimate of drug-likeness (QED) is 0.234. The van der Waals surface area contributed by atoms with Crippen molar-refractivity contribution in [2.75, 3.05) is 0 Å². The molecule has 0 aliphatic heterocycles. The molecule has 2 nitrogen and oxygen atoms in total. The first kappa shape index (κ1) is 24.6. The Hall–Kier alpha value is -4.09. The smallest absolute Gasteiger partial charge is 0.322 e. The fourth-order valence-corrected chi connectivity index (χ4v) is 4.59. The van der Waals surface area contributed by atoms with Crippen LogP contribution in [0.25, 0.3) is 23.1 Å². The first-order chi connectivity index (χ1) is 17.8. The minimum Gasteiger partial charge on any atom is -0.322 e. The zero-order chi connectivity index (χ0) is 26.0. The fraction of sp³-hybridized carbons (Fsp3) is 0.0645. The predicted octanol–water partition coefficient (Wildman–Crippen LogP) is 8.55. The van der Waals surface area contributed by atoms with Crippen LogP contribution < -0.4 is 5.56 Å². The molecule has 0 amide bonds. The van der Waals surface area contributed by atoms with Crippen molar-refractivity contribution in [1.82, 2.24) is 4.98 Å². The van der Waals surface area contributed by atoms with Crippen molar-refractivity contribution in [3.63, 3.8) is 0 Å². The summed E-state index contributed by atoms with van der Waals surface area (Å²) in [5.41, 5.74) is 4.18. The molecule has 1 aromatic heterocycles. The molecule has 4 aromatic carbocycles. The molecule has 5 aromatic rings. The first-order valence-electron chi connectivity index (χ1n) is 11.6. The maximum atomic E-state index is 12.9. The number of halogens is 4. The molecule has 1 N–H and O–H groups in total. The number of hydrogen-bond acceptors (Lipinski definition) is 1. The molecule has 0 saturated heterocycles. The van der Waals surface area contributed by atoms with E-state index < -0.39 is 11.7 Å². The highest BCUT2D eigenvalue weighted by atomic mass is 35.5. The number of alkyl halides is 3. The molecule has 0 saturated carbocycles. The number of rotatable bonds is 5. The van der Waals surface area contributed by atoms with Gasteiger partial charge >= 0.3 is 6.18 Å². The average Bonchev–Trinajstić information content (AvgIpc) is 2.89. The van der Waals surface area contributed by atoms with Crippen molar-refractivity contribution >= 4 is 34.7 Å². The standard InChI is InChI=1S/C31H21ClF3NO/c32-26-15-10-22(11-16-26)30(21-4-2-1-3-5-21)24-12-17-28-27(18-24)23(19-29(37)36-28)9-6-20-7-13-25(14-8-20)31(33,34)35/h1-19,30H,(H,36,37). The van der Waals surface area contributed by atoms with E-state index in [-0.39, 0.29) is 11.5 Å². The van der Waals surface area contributed by atoms with Crippen LogP contribution >= 0.6 is 11.6 Å². The molecule has 184 valence electrons. The SMILES string of the molecule is O=c1cc(C=Cc2ccc(C(F)(F)F)cc2)c2cc(C(c3ccccc3)c3ccc(Cl)cc3)ccc2[nH]1. The van der Waals surface area contributed by atoms with Crippen molar-refractivity contribution in [1.29, 1.82) is 0 Å². The monoisotopic (exact) mass is 515 g/mol. The van der Waals surface area contributed by atoms with Crippen molar-refractivity contribution < 1.29 is 13.2 Å². The summed E-state index contributed by atoms with van der Waals surface area (Å²) in [6.45, 7) is 0. The zero-order valence-electron chi connectivity index (χ0n) is 19.5. The lowest BCUT2D eigenvalue weighted by Gasteiger charge is -2.20. The van der Waals surface area contributed by atoms with Crippen molar-refractivity contribution in [3.05, 3.63) is 152 Å². The van der Waals surface area contributed by atoms with E-state index in [0.717, 1.165) is 34.2 Å². The van der Waals surface area contributed by atoms with Crippen LogP contribution in [0.1, 0.15) is 39.3 Å². The molecule has 0 fully saturated rings. The number of hydrogen-bond donors (Lipinski definition) is 1. The summed E-state index contributed by atoms with van der Waals surface area (Å²) in [6, 6.07) is 30.2. The van der Waals surface area contributed by atoms with Gasteiger partial charge in [-0.25, -0.2) is 0 Å². The van der Waals surface area contributed by atoms with Crippen LogP contribution in [0.5, 0.6) is 0 Å². The lowest BCUT2D eigenvalue weighted by atomic mass is 9.84. The Bertz CT molecular complexity index is 1620. The molecule has 1 atom stereocenters. The third-order valence-electron chi connectivity index (χ3n) is 6.26. The summed E-state index contributed by atoms with van der Waals surface area (Å²) in [5.74, 6) is -0.0680. The Morgan fingerprint density at radius 3 is 2.05 bits per heavy atom. The molecule has 5 rings (SSSR count). The van der Waals surface area contributed by atoms with Crippen LogP contribution in [-0.4, -0.2) is 4.98 Å². The van der Waals surface area contributed by atoms with Crippen LogP contribution in [0.3, 0.4) is 0 Å². The number of nitrogens with one attached hydrogen (secondary N) is 1. The summed E-state index contributed by atoms with van der Waals surface area (Å²) in [4.78, 5) is 15.2. The van der Waals surface area contributed by atoms with E-state index in [1.54, 1.807) is 12.2 Å². The Morgan fingerprint density at radius 1 is 0.730 bits per heavy atom. The molecule has 1 unspecified atom stereocenters. The first-order valence-corrected chi connectivity index (χ1v) is 12.0. The molecule has 0 aliphatic rings. The van der Waals surface area contributed by atoms with Gasteiger partial charge in [0.25, 0.3) is 0 Å². The van der Waals surface area contributed by atoms with E-state index in [1.165, 1.54) is 18.2 Å². The van der Waals surface area contributed by atoms with Crippen LogP contribution in [0.15, 0.2) is 108 Å². The van der Waals surface area contributed by atoms with Gasteiger partial charge in [0.2, 0.25) is 5.56 Å². The highest BCUT2D eigenvalue weighted by Crippen LogP contribution is 2.35. The summed E-state index contributed by atoms with van der Waals surface area (Å²) in [5, 5.41) is 1.48. The summed E-state index contributed by atoms with van der Waals surface area (Å²) in [7, 11) is 0. The van der Waals surface area contributed by atoms with Gasteiger partial charge in [-0.3, -0.25) is 4.79 Å². The molecular weight excluding hydrogens is 495 g/mol. The molecular formula is C31H21ClF3NO. The molecule has 0 bridgehead atoms. The maximum Gasteiger partial charge on any atom is 0.416 e. The Morgan fingerprint density at radius 2 is 1.38 bits per heavy atom. The third-order valence-corrected chi connectivity index (χ3v) is 6.51. The predicted molar refractivity (Wildman–Crippen MR) is 144 cm³/mol. The van der Waals surface area contributed by atoms with Crippen molar-refractivity contribution in [2.24, 2.45) is 0 Å². The van der Waals surface area contributed by atoms with Gasteiger partial charge in [0, 0.05) is 27.9 Å². The molecule has 0 spiro atoms. The van der Waals surface area contributed by atoms with E-state index in [1.807, 2.05) is 60.7 Å². The average molecular weight is 516 g/mol. The molecule has 37 heavy (non-hydrogen) atoms. The Labute approximate surface area is 216 Å². The lowest BCUT2D eigenvalue weighted by molar-refractivity contribution is -0.137. The molecule has 6 heteroatoms. The maximum absolute atomic E-state index is 12.9. The van der Waals surface area contributed by atoms with E-state index in [0.29, 0.717) is 21.7 Å². The highest BCUT2D eigenvalue weighted by Gasteiger charge is 2.29. The molecule has 1 heterocycles. The second kappa shape index (κ2) is 10.1. The molecule has 0 aliphatic carbocycles. The second-order valence-electron chi connectivity index (χ2n) is 8.74. The van der Waals surface area contributed by atoms with Gasteiger partial charge < -0.3 is 4.98 Å². The van der Waals surface area contributed by atoms with Crippen LogP contribution in [0.4, 0.5) is 13.2 Å². The number of aromatic nitrogens is 1. The van der Waals surface area contributed by atoms with Gasteiger partial charge in [-0.05, 0) is 64.2 Å². The van der Waals surface area contributed by atoms with Gasteiger partial charge in [0.1, 0.15) is 0 Å². The summed E-state index contributed by atoms with van der Waals surface area (Å²) in [6.07, 6.45) is -0.931. The minimum absolute atomic E-state index is 0.0680. The van der Waals surface area contributed by atoms with E-state index >= 15 is 0 Å². The van der Waals surface area contributed by atoms with Gasteiger partial charge in [-0.1, -0.05) is 84.4 Å². The van der Waals surface area contributed by atoms with Gasteiger partial charge in [-0.15, -0.1) is 0 Å². The zero-order valence-corrected chi connectivity index (χ0v) is 20.2. The number of benzene rings is 4. The van der Waals surface area contributed by atoms with Crippen LogP contribution in [0, 0.1) is 0 Å². The second-order valence-corrected chi connectivity index (χ2v) is 9.18. The van der Waals surface area contributed by atoms with Crippen LogP contribution in [0.2, 0.25) is 5.02 Å². The fourth-order valence-electron chi connectivity index (χ4n) is 4.46.